The predicted molar refractivity (Wildman–Crippen MR) is 105 cm³/mol. The topological polar surface area (TPSA) is 85.4 Å². The number of benzene rings is 2. The second kappa shape index (κ2) is 7.74. The molecule has 1 amide bonds. The summed E-state index contributed by atoms with van der Waals surface area (Å²) in [4.78, 5) is 20.7. The number of nitrogens with one attached hydrogen (secondary N) is 2. The van der Waals surface area contributed by atoms with E-state index in [1.165, 1.54) is 12.4 Å². The van der Waals surface area contributed by atoms with Gasteiger partial charge >= 0.3 is 0 Å². The summed E-state index contributed by atoms with van der Waals surface area (Å²) in [5.74, 6) is 1.60. The molecule has 28 heavy (non-hydrogen) atoms. The molecule has 2 heterocycles. The fourth-order valence-electron chi connectivity index (χ4n) is 2.71. The lowest BCUT2D eigenvalue weighted by atomic mass is 10.2. The molecule has 0 unspecified atom stereocenters. The maximum atomic E-state index is 12.3. The summed E-state index contributed by atoms with van der Waals surface area (Å²) in [7, 11) is 0. The molecule has 0 saturated heterocycles. The van der Waals surface area contributed by atoms with Crippen molar-refractivity contribution in [2.45, 2.75) is 13.5 Å². The largest absolute Gasteiger partial charge is 0.454 e. The number of rotatable bonds is 5. The highest BCUT2D eigenvalue weighted by Crippen LogP contribution is 2.32. The second-order valence-electron chi connectivity index (χ2n) is 6.19. The fourth-order valence-corrected chi connectivity index (χ4v) is 2.89. The minimum Gasteiger partial charge on any atom is -0.454 e. The van der Waals surface area contributed by atoms with Crippen LogP contribution in [0.3, 0.4) is 0 Å². The van der Waals surface area contributed by atoms with E-state index in [-0.39, 0.29) is 18.4 Å². The molecule has 2 N–H and O–H groups in total. The monoisotopic (exact) mass is 396 g/mol. The van der Waals surface area contributed by atoms with Crippen LogP contribution in [-0.2, 0) is 6.54 Å². The molecular formula is C20H17ClN4O3. The molecule has 7 nitrogen and oxygen atoms in total. The van der Waals surface area contributed by atoms with Gasteiger partial charge in [0.25, 0.3) is 5.91 Å². The lowest BCUT2D eigenvalue weighted by Gasteiger charge is -2.10. The van der Waals surface area contributed by atoms with Crippen LogP contribution in [-0.4, -0.2) is 22.7 Å². The molecule has 142 valence electrons. The lowest BCUT2D eigenvalue weighted by molar-refractivity contribution is 0.0945. The van der Waals surface area contributed by atoms with Crippen molar-refractivity contribution in [3.63, 3.8) is 0 Å². The van der Waals surface area contributed by atoms with E-state index in [0.717, 1.165) is 16.8 Å². The Morgan fingerprint density at radius 2 is 2.00 bits per heavy atom. The highest BCUT2D eigenvalue weighted by atomic mass is 35.5. The molecule has 2 aromatic carbocycles. The molecule has 0 aliphatic carbocycles. The number of hydrogen-bond donors (Lipinski definition) is 2. The third-order valence-corrected chi connectivity index (χ3v) is 4.71. The zero-order valence-electron chi connectivity index (χ0n) is 15.0. The first kappa shape index (κ1) is 18.1. The van der Waals surface area contributed by atoms with Crippen molar-refractivity contribution in [3.8, 4) is 11.5 Å². The number of carbonyl (C=O) groups is 1. The minimum atomic E-state index is -0.310. The number of fused-ring (bicyclic) bond motifs is 1. The van der Waals surface area contributed by atoms with E-state index in [1.807, 2.05) is 43.3 Å². The summed E-state index contributed by atoms with van der Waals surface area (Å²) in [5, 5.41) is 6.63. The van der Waals surface area contributed by atoms with E-state index in [9.17, 15) is 4.79 Å². The molecule has 3 aromatic rings. The minimum absolute atomic E-state index is 0.218. The standard InChI is InChI=1S/C20H17ClN4O3/c1-12-14(21)3-2-4-15(12)25-19-10-22-16(9-23-19)20(26)24-8-13-5-6-17-18(7-13)28-11-27-17/h2-7,9-10H,8,11H2,1H3,(H,23,25)(H,24,26). The quantitative estimate of drug-likeness (QED) is 0.681. The van der Waals surface area contributed by atoms with Crippen LogP contribution >= 0.6 is 11.6 Å². The molecule has 0 fully saturated rings. The van der Waals surface area contributed by atoms with Crippen LogP contribution in [0.2, 0.25) is 5.02 Å². The molecule has 0 atom stereocenters. The number of ether oxygens (including phenoxy) is 2. The normalized spacial score (nSPS) is 11.9. The smallest absolute Gasteiger partial charge is 0.271 e. The van der Waals surface area contributed by atoms with Crippen LogP contribution in [0.5, 0.6) is 11.5 Å². The second-order valence-corrected chi connectivity index (χ2v) is 6.60. The number of anilines is 2. The van der Waals surface area contributed by atoms with Crippen LogP contribution in [0.1, 0.15) is 21.6 Å². The summed E-state index contributed by atoms with van der Waals surface area (Å²) in [6.45, 7) is 2.48. The van der Waals surface area contributed by atoms with Gasteiger partial charge in [-0.05, 0) is 42.3 Å². The summed E-state index contributed by atoms with van der Waals surface area (Å²) in [6, 6.07) is 11.1. The van der Waals surface area contributed by atoms with Gasteiger partial charge in [-0.3, -0.25) is 4.79 Å². The van der Waals surface area contributed by atoms with Crippen molar-refractivity contribution < 1.29 is 14.3 Å². The summed E-state index contributed by atoms with van der Waals surface area (Å²) in [6.07, 6.45) is 2.94. The first-order valence-corrected chi connectivity index (χ1v) is 8.99. The number of nitrogens with zero attached hydrogens (tertiary/aromatic N) is 2. The molecule has 1 aliphatic heterocycles. The van der Waals surface area contributed by atoms with E-state index in [4.69, 9.17) is 21.1 Å². The first-order chi connectivity index (χ1) is 13.6. The molecule has 0 radical (unpaired) electrons. The highest BCUT2D eigenvalue weighted by molar-refractivity contribution is 6.31. The van der Waals surface area contributed by atoms with Gasteiger partial charge in [-0.2, -0.15) is 0 Å². The zero-order valence-corrected chi connectivity index (χ0v) is 15.8. The van der Waals surface area contributed by atoms with Crippen LogP contribution in [0, 0.1) is 6.92 Å². The Morgan fingerprint density at radius 1 is 1.14 bits per heavy atom. The van der Waals surface area contributed by atoms with Crippen LogP contribution < -0.4 is 20.1 Å². The van der Waals surface area contributed by atoms with Crippen molar-refractivity contribution in [1.29, 1.82) is 0 Å². The fraction of sp³-hybridized carbons (Fsp3) is 0.150. The van der Waals surface area contributed by atoms with Gasteiger partial charge in [0.15, 0.2) is 11.5 Å². The number of carbonyl (C=O) groups excluding carboxylic acids is 1. The van der Waals surface area contributed by atoms with Gasteiger partial charge in [-0.25, -0.2) is 9.97 Å². The number of hydrogen-bond acceptors (Lipinski definition) is 6. The molecule has 0 saturated carbocycles. The van der Waals surface area contributed by atoms with Crippen LogP contribution in [0.15, 0.2) is 48.8 Å². The molecule has 1 aliphatic rings. The average Bonchev–Trinajstić information content (AvgIpc) is 3.18. The SMILES string of the molecule is Cc1c(Cl)cccc1Nc1cnc(C(=O)NCc2ccc3c(c2)OCO3)cn1. The van der Waals surface area contributed by atoms with Crippen LogP contribution in [0.25, 0.3) is 0 Å². The Kier molecular flexibility index (Phi) is 4.99. The molecular weight excluding hydrogens is 380 g/mol. The van der Waals surface area contributed by atoms with Gasteiger partial charge in [0, 0.05) is 17.3 Å². The van der Waals surface area contributed by atoms with Gasteiger partial charge in [-0.15, -0.1) is 0 Å². The van der Waals surface area contributed by atoms with Crippen molar-refractivity contribution >= 4 is 29.0 Å². The Morgan fingerprint density at radius 3 is 2.82 bits per heavy atom. The van der Waals surface area contributed by atoms with E-state index >= 15 is 0 Å². The van der Waals surface area contributed by atoms with Crippen molar-refractivity contribution in [1.82, 2.24) is 15.3 Å². The summed E-state index contributed by atoms with van der Waals surface area (Å²) >= 11 is 6.12. The van der Waals surface area contributed by atoms with E-state index < -0.39 is 0 Å². The zero-order chi connectivity index (χ0) is 19.5. The van der Waals surface area contributed by atoms with Gasteiger partial charge < -0.3 is 20.1 Å². The van der Waals surface area contributed by atoms with Crippen LogP contribution in [0.4, 0.5) is 11.5 Å². The summed E-state index contributed by atoms with van der Waals surface area (Å²) < 4.78 is 10.6. The average molecular weight is 397 g/mol. The molecule has 1 aromatic heterocycles. The Bertz CT molecular complexity index is 1020. The first-order valence-electron chi connectivity index (χ1n) is 8.61. The Hall–Kier alpha value is -3.32. The summed E-state index contributed by atoms with van der Waals surface area (Å²) in [5.41, 5.74) is 2.88. The third kappa shape index (κ3) is 3.84. The van der Waals surface area contributed by atoms with Gasteiger partial charge in [0.2, 0.25) is 6.79 Å². The van der Waals surface area contributed by atoms with E-state index in [2.05, 4.69) is 20.6 Å². The van der Waals surface area contributed by atoms with Crippen molar-refractivity contribution in [3.05, 3.63) is 70.6 Å². The Balaban J connectivity index is 1.38. The molecule has 8 heteroatoms. The number of amides is 1. The molecule has 4 rings (SSSR count). The lowest BCUT2D eigenvalue weighted by Crippen LogP contribution is -2.24. The maximum absolute atomic E-state index is 12.3. The van der Waals surface area contributed by atoms with Gasteiger partial charge in [0.05, 0.1) is 12.4 Å². The molecule has 0 spiro atoms. The Labute approximate surface area is 166 Å². The highest BCUT2D eigenvalue weighted by Gasteiger charge is 2.14. The van der Waals surface area contributed by atoms with E-state index in [1.54, 1.807) is 0 Å². The number of aromatic nitrogens is 2. The molecule has 0 bridgehead atoms. The van der Waals surface area contributed by atoms with Gasteiger partial charge in [-0.1, -0.05) is 23.7 Å². The predicted octanol–water partition coefficient (Wildman–Crippen LogP) is 3.84. The third-order valence-electron chi connectivity index (χ3n) is 4.30. The van der Waals surface area contributed by atoms with Gasteiger partial charge in [0.1, 0.15) is 11.5 Å². The van der Waals surface area contributed by atoms with E-state index in [0.29, 0.717) is 28.9 Å². The number of halogens is 1. The van der Waals surface area contributed by atoms with Crippen molar-refractivity contribution in [2.75, 3.05) is 12.1 Å². The van der Waals surface area contributed by atoms with Crippen molar-refractivity contribution in [2.24, 2.45) is 0 Å². The maximum Gasteiger partial charge on any atom is 0.271 e.